The number of hydrogen-bond acceptors (Lipinski definition) is 4. The lowest BCUT2D eigenvalue weighted by atomic mass is 10.1. The molecule has 0 aromatic heterocycles. The van der Waals surface area contributed by atoms with E-state index in [1.54, 1.807) is 0 Å². The van der Waals surface area contributed by atoms with Crippen molar-refractivity contribution in [3.8, 4) is 0 Å². The zero-order valence-electron chi connectivity index (χ0n) is 12.6. The molecule has 19 heavy (non-hydrogen) atoms. The van der Waals surface area contributed by atoms with Crippen LogP contribution >= 0.6 is 0 Å². The Balaban J connectivity index is 2.25. The molecule has 1 unspecified atom stereocenters. The van der Waals surface area contributed by atoms with E-state index in [1.807, 2.05) is 20.8 Å². The van der Waals surface area contributed by atoms with Crippen molar-refractivity contribution < 1.29 is 14.3 Å². The number of rotatable bonds is 5. The minimum atomic E-state index is -0.445. The van der Waals surface area contributed by atoms with Gasteiger partial charge in [-0.2, -0.15) is 0 Å². The first-order valence-corrected chi connectivity index (χ1v) is 7.21. The maximum Gasteiger partial charge on any atom is 0.407 e. The highest BCUT2D eigenvalue weighted by Crippen LogP contribution is 2.09. The van der Waals surface area contributed by atoms with Crippen LogP contribution < -0.4 is 10.6 Å². The summed E-state index contributed by atoms with van der Waals surface area (Å²) in [6, 6.07) is 0.787. The van der Waals surface area contributed by atoms with Gasteiger partial charge in [0.1, 0.15) is 5.60 Å². The molecule has 112 valence electrons. The SMILES string of the molecule is CCC(CNC(=O)OC(C)(C)C)NC1CCOCC1. The van der Waals surface area contributed by atoms with Crippen molar-refractivity contribution in [2.75, 3.05) is 19.8 Å². The molecule has 2 N–H and O–H groups in total. The third-order valence-corrected chi connectivity index (χ3v) is 3.08. The largest absolute Gasteiger partial charge is 0.444 e. The van der Waals surface area contributed by atoms with E-state index in [0.29, 0.717) is 12.6 Å². The molecule has 5 heteroatoms. The number of nitrogens with one attached hydrogen (secondary N) is 2. The lowest BCUT2D eigenvalue weighted by Gasteiger charge is -2.28. The number of alkyl carbamates (subject to hydrolysis) is 1. The fourth-order valence-corrected chi connectivity index (χ4v) is 2.04. The van der Waals surface area contributed by atoms with Crippen molar-refractivity contribution in [2.24, 2.45) is 0 Å². The number of hydrogen-bond donors (Lipinski definition) is 2. The minimum absolute atomic E-state index is 0.288. The maximum absolute atomic E-state index is 11.6. The second-order valence-corrected chi connectivity index (χ2v) is 6.04. The van der Waals surface area contributed by atoms with Crippen molar-refractivity contribution in [3.05, 3.63) is 0 Å². The van der Waals surface area contributed by atoms with Crippen molar-refractivity contribution in [1.82, 2.24) is 10.6 Å². The lowest BCUT2D eigenvalue weighted by Crippen LogP contribution is -2.47. The Morgan fingerprint density at radius 1 is 1.37 bits per heavy atom. The Morgan fingerprint density at radius 2 is 2.00 bits per heavy atom. The van der Waals surface area contributed by atoms with Gasteiger partial charge < -0.3 is 20.1 Å². The van der Waals surface area contributed by atoms with Crippen LogP contribution in [0.25, 0.3) is 0 Å². The molecule has 0 saturated carbocycles. The van der Waals surface area contributed by atoms with Crippen molar-refractivity contribution in [3.63, 3.8) is 0 Å². The molecule has 1 heterocycles. The van der Waals surface area contributed by atoms with E-state index in [4.69, 9.17) is 9.47 Å². The Labute approximate surface area is 116 Å². The first-order valence-electron chi connectivity index (χ1n) is 7.21. The summed E-state index contributed by atoms with van der Waals surface area (Å²) in [5.74, 6) is 0. The third kappa shape index (κ3) is 7.38. The van der Waals surface area contributed by atoms with E-state index in [2.05, 4.69) is 17.6 Å². The smallest absolute Gasteiger partial charge is 0.407 e. The van der Waals surface area contributed by atoms with Crippen molar-refractivity contribution in [1.29, 1.82) is 0 Å². The molecule has 0 aromatic rings. The van der Waals surface area contributed by atoms with Gasteiger partial charge in [-0.15, -0.1) is 0 Å². The average Bonchev–Trinajstić information content (AvgIpc) is 2.33. The summed E-state index contributed by atoms with van der Waals surface area (Å²) < 4.78 is 10.6. The zero-order valence-corrected chi connectivity index (χ0v) is 12.6. The van der Waals surface area contributed by atoms with E-state index >= 15 is 0 Å². The summed E-state index contributed by atoms with van der Waals surface area (Å²) >= 11 is 0. The molecule has 0 aliphatic carbocycles. The van der Waals surface area contributed by atoms with Gasteiger partial charge in [0.25, 0.3) is 0 Å². The van der Waals surface area contributed by atoms with Gasteiger partial charge in [-0.1, -0.05) is 6.92 Å². The lowest BCUT2D eigenvalue weighted by molar-refractivity contribution is 0.0512. The predicted octanol–water partition coefficient (Wildman–Crippen LogP) is 2.06. The standard InChI is InChI=1S/C14H28N2O3/c1-5-11(16-12-6-8-18-9-7-12)10-15-13(17)19-14(2,3)4/h11-12,16H,5-10H2,1-4H3,(H,15,17). The van der Waals surface area contributed by atoms with Gasteiger partial charge >= 0.3 is 6.09 Å². The molecule has 1 rings (SSSR count). The molecule has 1 aliphatic rings. The molecule has 1 atom stereocenters. The van der Waals surface area contributed by atoms with Gasteiger partial charge in [-0.25, -0.2) is 4.79 Å². The van der Waals surface area contributed by atoms with Crippen LogP contribution in [0.3, 0.4) is 0 Å². The van der Waals surface area contributed by atoms with E-state index in [0.717, 1.165) is 32.5 Å². The molecule has 1 aliphatic heterocycles. The summed E-state index contributed by atoms with van der Waals surface area (Å²) in [5.41, 5.74) is -0.445. The second-order valence-electron chi connectivity index (χ2n) is 6.04. The van der Waals surface area contributed by atoms with Gasteiger partial charge in [-0.3, -0.25) is 0 Å². The van der Waals surface area contributed by atoms with Crippen LogP contribution in [0.4, 0.5) is 4.79 Å². The summed E-state index contributed by atoms with van der Waals surface area (Å²) in [5, 5.41) is 6.40. The molecular weight excluding hydrogens is 244 g/mol. The average molecular weight is 272 g/mol. The second kappa shape index (κ2) is 7.70. The Morgan fingerprint density at radius 3 is 2.53 bits per heavy atom. The summed E-state index contributed by atoms with van der Waals surface area (Å²) in [6.45, 7) is 9.97. The van der Waals surface area contributed by atoms with Gasteiger partial charge in [0.2, 0.25) is 0 Å². The normalized spacial score (nSPS) is 18.9. The van der Waals surface area contributed by atoms with E-state index < -0.39 is 5.60 Å². The third-order valence-electron chi connectivity index (χ3n) is 3.08. The molecule has 1 saturated heterocycles. The van der Waals surface area contributed by atoms with Crippen LogP contribution in [0.2, 0.25) is 0 Å². The molecule has 0 bridgehead atoms. The van der Waals surface area contributed by atoms with Gasteiger partial charge in [-0.05, 0) is 40.0 Å². The molecule has 5 nitrogen and oxygen atoms in total. The maximum atomic E-state index is 11.6. The fraction of sp³-hybridized carbons (Fsp3) is 0.929. The summed E-state index contributed by atoms with van der Waals surface area (Å²) in [4.78, 5) is 11.6. The highest BCUT2D eigenvalue weighted by atomic mass is 16.6. The first-order chi connectivity index (χ1) is 8.90. The van der Waals surface area contributed by atoms with Gasteiger partial charge in [0.05, 0.1) is 0 Å². The summed E-state index contributed by atoms with van der Waals surface area (Å²) in [6.07, 6.45) is 2.72. The van der Waals surface area contributed by atoms with E-state index in [1.165, 1.54) is 0 Å². The quantitative estimate of drug-likeness (QED) is 0.804. The Hall–Kier alpha value is -0.810. The number of amides is 1. The Bertz CT molecular complexity index is 270. The molecule has 0 aromatic carbocycles. The highest BCUT2D eigenvalue weighted by Gasteiger charge is 2.19. The monoisotopic (exact) mass is 272 g/mol. The van der Waals surface area contributed by atoms with E-state index in [-0.39, 0.29) is 12.1 Å². The van der Waals surface area contributed by atoms with Crippen LogP contribution in [0, 0.1) is 0 Å². The van der Waals surface area contributed by atoms with Crippen LogP contribution in [-0.2, 0) is 9.47 Å². The van der Waals surface area contributed by atoms with Gasteiger partial charge in [0, 0.05) is 31.8 Å². The zero-order chi connectivity index (χ0) is 14.3. The number of ether oxygens (including phenoxy) is 2. The minimum Gasteiger partial charge on any atom is -0.444 e. The topological polar surface area (TPSA) is 59.6 Å². The number of carbonyl (C=O) groups is 1. The molecule has 0 radical (unpaired) electrons. The molecule has 1 fully saturated rings. The van der Waals surface area contributed by atoms with Crippen molar-refractivity contribution in [2.45, 2.75) is 64.6 Å². The molecule has 1 amide bonds. The van der Waals surface area contributed by atoms with Crippen LogP contribution in [0.5, 0.6) is 0 Å². The van der Waals surface area contributed by atoms with Crippen LogP contribution in [0.1, 0.15) is 47.0 Å². The predicted molar refractivity (Wildman–Crippen MR) is 75.3 cm³/mol. The Kier molecular flexibility index (Phi) is 6.58. The van der Waals surface area contributed by atoms with E-state index in [9.17, 15) is 4.79 Å². The first kappa shape index (κ1) is 16.2. The summed E-state index contributed by atoms with van der Waals surface area (Å²) in [7, 11) is 0. The molecular formula is C14H28N2O3. The number of carbonyl (C=O) groups excluding carboxylic acids is 1. The van der Waals surface area contributed by atoms with Crippen LogP contribution in [-0.4, -0.2) is 43.5 Å². The molecule has 0 spiro atoms. The van der Waals surface area contributed by atoms with Crippen molar-refractivity contribution >= 4 is 6.09 Å². The van der Waals surface area contributed by atoms with Gasteiger partial charge in [0.15, 0.2) is 0 Å². The fourth-order valence-electron chi connectivity index (χ4n) is 2.04. The van der Waals surface area contributed by atoms with Crippen LogP contribution in [0.15, 0.2) is 0 Å². The highest BCUT2D eigenvalue weighted by molar-refractivity contribution is 5.67.